The van der Waals surface area contributed by atoms with Gasteiger partial charge in [0.25, 0.3) is 0 Å². The van der Waals surface area contributed by atoms with Crippen molar-refractivity contribution in [2.45, 2.75) is 19.1 Å². The van der Waals surface area contributed by atoms with Crippen LogP contribution in [0.5, 0.6) is 5.75 Å². The third-order valence-electron chi connectivity index (χ3n) is 4.33. The summed E-state index contributed by atoms with van der Waals surface area (Å²) in [5.74, 6) is 0.317. The van der Waals surface area contributed by atoms with Gasteiger partial charge >= 0.3 is 6.18 Å². The third kappa shape index (κ3) is 4.19. The first-order chi connectivity index (χ1) is 11.5. The zero-order valence-corrected chi connectivity index (χ0v) is 14.8. The van der Waals surface area contributed by atoms with E-state index in [9.17, 15) is 13.2 Å². The monoisotopic (exact) mass is 374 g/mol. The maximum atomic E-state index is 14.0. The molecule has 0 radical (unpaired) electrons. The fourth-order valence-electron chi connectivity index (χ4n) is 3.33. The predicted molar refractivity (Wildman–Crippen MR) is 95.6 cm³/mol. The lowest BCUT2D eigenvalue weighted by molar-refractivity contribution is -0.187. The van der Waals surface area contributed by atoms with E-state index < -0.39 is 12.2 Å². The summed E-state index contributed by atoms with van der Waals surface area (Å²) in [4.78, 5) is 1.50. The van der Waals surface area contributed by atoms with Crippen LogP contribution in [0, 0.1) is 0 Å². The molecule has 3 nitrogen and oxygen atoms in total. The highest BCUT2D eigenvalue weighted by Gasteiger charge is 2.47. The van der Waals surface area contributed by atoms with Crippen LogP contribution < -0.4 is 10.1 Å². The average molecular weight is 375 g/mol. The van der Waals surface area contributed by atoms with Crippen molar-refractivity contribution in [1.82, 2.24) is 10.2 Å². The van der Waals surface area contributed by atoms with Crippen LogP contribution in [0.3, 0.4) is 0 Å². The van der Waals surface area contributed by atoms with Crippen LogP contribution in [-0.2, 0) is 0 Å². The standard InChI is InChI=1S/C18H21F3N2O.ClH/c1-2-24-15-8-7-13-5-3-4-6-14(13)16(15)17(18(19,20)21)23-11-9-22-10-12-23;/h3-8,17,22H,2,9-12H2,1H3;1H/t17-;/m0./s1. The van der Waals surface area contributed by atoms with Gasteiger partial charge in [-0.2, -0.15) is 13.2 Å². The summed E-state index contributed by atoms with van der Waals surface area (Å²) in [6, 6.07) is 8.99. The first kappa shape index (κ1) is 19.8. The number of fused-ring (bicyclic) bond motifs is 1. The van der Waals surface area contributed by atoms with Gasteiger partial charge in [-0.15, -0.1) is 12.4 Å². The summed E-state index contributed by atoms with van der Waals surface area (Å²) < 4.78 is 47.6. The molecule has 1 aliphatic heterocycles. The molecule has 1 fully saturated rings. The zero-order valence-electron chi connectivity index (χ0n) is 14.0. The molecule has 0 unspecified atom stereocenters. The van der Waals surface area contributed by atoms with Crippen LogP contribution in [-0.4, -0.2) is 43.9 Å². The van der Waals surface area contributed by atoms with Crippen molar-refractivity contribution in [3.8, 4) is 5.75 Å². The number of hydrogen-bond donors (Lipinski definition) is 1. The second kappa shape index (κ2) is 8.25. The Labute approximate surface area is 151 Å². The number of ether oxygens (including phenoxy) is 1. The molecule has 2 aromatic rings. The molecule has 3 rings (SSSR count). The Kier molecular flexibility index (Phi) is 6.54. The van der Waals surface area contributed by atoms with E-state index >= 15 is 0 Å². The molecule has 0 saturated carbocycles. The molecule has 0 spiro atoms. The van der Waals surface area contributed by atoms with E-state index in [0.717, 1.165) is 5.39 Å². The average Bonchev–Trinajstić information content (AvgIpc) is 2.57. The molecular formula is C18H22ClF3N2O. The van der Waals surface area contributed by atoms with Gasteiger partial charge in [-0.05, 0) is 23.8 Å². The van der Waals surface area contributed by atoms with Crippen molar-refractivity contribution in [3.05, 3.63) is 42.0 Å². The predicted octanol–water partition coefficient (Wildman–Crippen LogP) is 4.17. The third-order valence-corrected chi connectivity index (χ3v) is 4.33. The number of rotatable bonds is 4. The number of piperazine rings is 1. The van der Waals surface area contributed by atoms with E-state index in [1.165, 1.54) is 4.90 Å². The molecule has 1 atom stereocenters. The van der Waals surface area contributed by atoms with Gasteiger partial charge in [0.2, 0.25) is 0 Å². The summed E-state index contributed by atoms with van der Waals surface area (Å²) in [6.45, 7) is 3.95. The summed E-state index contributed by atoms with van der Waals surface area (Å²) in [5, 5.41) is 4.50. The van der Waals surface area contributed by atoms with Crippen molar-refractivity contribution in [2.75, 3.05) is 32.8 Å². The highest BCUT2D eigenvalue weighted by atomic mass is 35.5. The molecule has 0 aliphatic carbocycles. The Morgan fingerprint density at radius 2 is 1.80 bits per heavy atom. The number of halogens is 4. The molecule has 1 aliphatic rings. The molecule has 0 aromatic heterocycles. The van der Waals surface area contributed by atoms with Gasteiger partial charge in [-0.3, -0.25) is 4.90 Å². The normalized spacial score (nSPS) is 17.1. The molecule has 2 aromatic carbocycles. The molecule has 1 heterocycles. The van der Waals surface area contributed by atoms with Gasteiger partial charge in [0.15, 0.2) is 0 Å². The Hall–Kier alpha value is -1.50. The summed E-state index contributed by atoms with van der Waals surface area (Å²) in [7, 11) is 0. The van der Waals surface area contributed by atoms with Gasteiger partial charge in [0.1, 0.15) is 11.8 Å². The van der Waals surface area contributed by atoms with E-state index in [-0.39, 0.29) is 18.0 Å². The Morgan fingerprint density at radius 1 is 1.12 bits per heavy atom. The van der Waals surface area contributed by atoms with E-state index in [4.69, 9.17) is 4.74 Å². The number of hydrogen-bond acceptors (Lipinski definition) is 3. The lowest BCUT2D eigenvalue weighted by Gasteiger charge is -2.37. The lowest BCUT2D eigenvalue weighted by atomic mass is 9.95. The van der Waals surface area contributed by atoms with E-state index in [1.807, 2.05) is 18.2 Å². The van der Waals surface area contributed by atoms with Gasteiger partial charge in [0, 0.05) is 31.7 Å². The highest BCUT2D eigenvalue weighted by molar-refractivity contribution is 5.88. The largest absolute Gasteiger partial charge is 0.494 e. The van der Waals surface area contributed by atoms with Crippen LogP contribution in [0.15, 0.2) is 36.4 Å². The topological polar surface area (TPSA) is 24.5 Å². The zero-order chi connectivity index (χ0) is 17.2. The van der Waals surface area contributed by atoms with Gasteiger partial charge in [-0.1, -0.05) is 30.3 Å². The Morgan fingerprint density at radius 3 is 2.44 bits per heavy atom. The first-order valence-corrected chi connectivity index (χ1v) is 8.18. The number of alkyl halides is 3. The van der Waals surface area contributed by atoms with Gasteiger partial charge < -0.3 is 10.1 Å². The summed E-state index contributed by atoms with van der Waals surface area (Å²) in [6.07, 6.45) is -4.37. The SMILES string of the molecule is CCOc1ccc2ccccc2c1[C@H](N1CCNCC1)C(F)(F)F.Cl. The lowest BCUT2D eigenvalue weighted by Crippen LogP contribution is -2.49. The molecule has 1 saturated heterocycles. The second-order valence-electron chi connectivity index (χ2n) is 5.86. The number of nitrogens with zero attached hydrogens (tertiary/aromatic N) is 1. The minimum Gasteiger partial charge on any atom is -0.494 e. The summed E-state index contributed by atoms with van der Waals surface area (Å²) >= 11 is 0. The first-order valence-electron chi connectivity index (χ1n) is 8.18. The maximum Gasteiger partial charge on any atom is 0.408 e. The highest BCUT2D eigenvalue weighted by Crippen LogP contribution is 2.44. The van der Waals surface area contributed by atoms with E-state index in [0.29, 0.717) is 43.9 Å². The van der Waals surface area contributed by atoms with Crippen LogP contribution >= 0.6 is 12.4 Å². The van der Waals surface area contributed by atoms with Crippen LogP contribution in [0.2, 0.25) is 0 Å². The molecule has 7 heteroatoms. The molecule has 1 N–H and O–H groups in total. The fourth-order valence-corrected chi connectivity index (χ4v) is 3.33. The second-order valence-corrected chi connectivity index (χ2v) is 5.86. The van der Waals surface area contributed by atoms with Crippen molar-refractivity contribution < 1.29 is 17.9 Å². The van der Waals surface area contributed by atoms with Gasteiger partial charge in [-0.25, -0.2) is 0 Å². The van der Waals surface area contributed by atoms with Crippen LogP contribution in [0.25, 0.3) is 10.8 Å². The quantitative estimate of drug-likeness (QED) is 0.869. The summed E-state index contributed by atoms with van der Waals surface area (Å²) in [5.41, 5.74) is 0.226. The number of nitrogens with one attached hydrogen (secondary N) is 1. The number of benzene rings is 2. The molecular weight excluding hydrogens is 353 g/mol. The van der Waals surface area contributed by atoms with Crippen molar-refractivity contribution in [1.29, 1.82) is 0 Å². The molecule has 25 heavy (non-hydrogen) atoms. The Bertz CT molecular complexity index is 702. The molecule has 138 valence electrons. The molecule has 0 amide bonds. The minimum absolute atomic E-state index is 0. The van der Waals surface area contributed by atoms with Crippen molar-refractivity contribution >= 4 is 23.2 Å². The maximum absolute atomic E-state index is 14.0. The van der Waals surface area contributed by atoms with E-state index in [2.05, 4.69) is 5.32 Å². The fraction of sp³-hybridized carbons (Fsp3) is 0.444. The van der Waals surface area contributed by atoms with E-state index in [1.54, 1.807) is 25.1 Å². The molecule has 0 bridgehead atoms. The van der Waals surface area contributed by atoms with Crippen molar-refractivity contribution in [2.24, 2.45) is 0 Å². The minimum atomic E-state index is -4.37. The van der Waals surface area contributed by atoms with Crippen molar-refractivity contribution in [3.63, 3.8) is 0 Å². The van der Waals surface area contributed by atoms with Crippen LogP contribution in [0.1, 0.15) is 18.5 Å². The smallest absolute Gasteiger partial charge is 0.408 e. The van der Waals surface area contributed by atoms with Crippen LogP contribution in [0.4, 0.5) is 13.2 Å². The van der Waals surface area contributed by atoms with Gasteiger partial charge in [0.05, 0.1) is 6.61 Å². The Balaban J connectivity index is 0.00000225.